The topological polar surface area (TPSA) is 63.7 Å². The number of fused-ring (bicyclic) bond motifs is 1. The molecule has 5 rings (SSSR count). The van der Waals surface area contributed by atoms with Gasteiger partial charge in [0, 0.05) is 0 Å². The van der Waals surface area contributed by atoms with E-state index in [0.29, 0.717) is 29.8 Å². The summed E-state index contributed by atoms with van der Waals surface area (Å²) >= 11 is 0. The number of carbonyl (C=O) groups is 3. The van der Waals surface area contributed by atoms with E-state index in [1.165, 1.54) is 10.5 Å². The summed E-state index contributed by atoms with van der Waals surface area (Å²) in [5, 5.41) is 0. The molecule has 2 aliphatic rings. The average Bonchev–Trinajstić information content (AvgIpc) is 3.10. The Morgan fingerprint density at radius 1 is 0.853 bits per heavy atom. The lowest BCUT2D eigenvalue weighted by molar-refractivity contribution is -0.122. The minimum Gasteiger partial charge on any atom is -0.423 e. The molecule has 3 aromatic rings. The zero-order valence-corrected chi connectivity index (χ0v) is 19.4. The molecule has 3 aromatic carbocycles. The summed E-state index contributed by atoms with van der Waals surface area (Å²) in [5.41, 5.74) is 3.90. The van der Waals surface area contributed by atoms with Crippen molar-refractivity contribution in [2.24, 2.45) is 11.8 Å². The molecule has 0 unspecified atom stereocenters. The first kappa shape index (κ1) is 22.1. The lowest BCUT2D eigenvalue weighted by Crippen LogP contribution is -2.31. The molecule has 1 aliphatic heterocycles. The molecule has 34 heavy (non-hydrogen) atoms. The van der Waals surface area contributed by atoms with Crippen LogP contribution in [0, 0.1) is 25.7 Å². The smallest absolute Gasteiger partial charge is 0.343 e. The van der Waals surface area contributed by atoms with Gasteiger partial charge in [-0.3, -0.25) is 14.5 Å². The summed E-state index contributed by atoms with van der Waals surface area (Å²) in [4.78, 5) is 40.7. The van der Waals surface area contributed by atoms with Crippen LogP contribution in [-0.2, 0) is 9.59 Å². The molecule has 0 radical (unpaired) electrons. The number of carbonyl (C=O) groups excluding carboxylic acids is 3. The third-order valence-corrected chi connectivity index (χ3v) is 7.07. The van der Waals surface area contributed by atoms with Gasteiger partial charge in [-0.05, 0) is 74.4 Å². The van der Waals surface area contributed by atoms with E-state index in [2.05, 4.69) is 12.1 Å². The number of rotatable bonds is 4. The molecule has 0 aromatic heterocycles. The zero-order chi connectivity index (χ0) is 23.8. The Bertz CT molecular complexity index is 1270. The fraction of sp³-hybridized carbons (Fsp3) is 0.276. The van der Waals surface area contributed by atoms with Crippen molar-refractivity contribution in [2.45, 2.75) is 39.0 Å². The molecule has 1 saturated carbocycles. The van der Waals surface area contributed by atoms with Gasteiger partial charge in [0.1, 0.15) is 5.75 Å². The maximum absolute atomic E-state index is 13.4. The van der Waals surface area contributed by atoms with Gasteiger partial charge in [0.05, 0.1) is 23.1 Å². The minimum atomic E-state index is -0.519. The first-order chi connectivity index (χ1) is 16.4. The Labute approximate surface area is 199 Å². The number of hydrogen-bond donors (Lipinski definition) is 0. The van der Waals surface area contributed by atoms with Crippen LogP contribution in [0.5, 0.6) is 5.75 Å². The second kappa shape index (κ2) is 8.90. The number of hydrogen-bond acceptors (Lipinski definition) is 4. The quantitative estimate of drug-likeness (QED) is 0.293. The summed E-state index contributed by atoms with van der Waals surface area (Å²) < 4.78 is 5.59. The fourth-order valence-corrected chi connectivity index (χ4v) is 5.31. The normalized spacial score (nSPS) is 21.9. The summed E-state index contributed by atoms with van der Waals surface area (Å²) in [7, 11) is 0. The standard InChI is InChI=1S/C29H27NO4/c1-18-11-14-26(19(2)15-18)34-29(33)22-9-6-10-23(16-22)30-27(31)24-13-12-21(17-25(24)28(30)32)20-7-4-3-5-8-20/h3-11,14-16,21,24-25H,12-13,17H2,1-2H3/t21-,24+,25+/m0/s1. The third kappa shape index (κ3) is 4.03. The van der Waals surface area contributed by atoms with E-state index in [4.69, 9.17) is 4.74 Å². The van der Waals surface area contributed by atoms with Gasteiger partial charge in [-0.1, -0.05) is 54.1 Å². The van der Waals surface area contributed by atoms with Crippen molar-refractivity contribution >= 4 is 23.5 Å². The minimum absolute atomic E-state index is 0.165. The van der Waals surface area contributed by atoms with Gasteiger partial charge in [-0.2, -0.15) is 0 Å². The molecule has 2 fully saturated rings. The highest BCUT2D eigenvalue weighted by Crippen LogP contribution is 2.45. The van der Waals surface area contributed by atoms with E-state index in [0.717, 1.165) is 17.5 Å². The van der Waals surface area contributed by atoms with E-state index in [1.807, 2.05) is 44.2 Å². The molecule has 5 nitrogen and oxygen atoms in total. The SMILES string of the molecule is Cc1ccc(OC(=O)c2cccc(N3C(=O)[C@@H]4CC[C@H](c5ccccc5)C[C@H]4C3=O)c2)c(C)c1. The molecule has 0 N–H and O–H groups in total. The monoisotopic (exact) mass is 453 g/mol. The van der Waals surface area contributed by atoms with Crippen LogP contribution in [0.4, 0.5) is 5.69 Å². The molecule has 1 aliphatic carbocycles. The van der Waals surface area contributed by atoms with Gasteiger partial charge in [0.2, 0.25) is 11.8 Å². The van der Waals surface area contributed by atoms with Crippen LogP contribution in [-0.4, -0.2) is 17.8 Å². The fourth-order valence-electron chi connectivity index (χ4n) is 5.31. The Morgan fingerprint density at radius 3 is 2.38 bits per heavy atom. The maximum atomic E-state index is 13.4. The molecule has 1 heterocycles. The number of imide groups is 1. The number of benzene rings is 3. The van der Waals surface area contributed by atoms with Crippen molar-refractivity contribution in [3.8, 4) is 5.75 Å². The number of nitrogens with zero attached hydrogens (tertiary/aromatic N) is 1. The van der Waals surface area contributed by atoms with Crippen LogP contribution in [0.1, 0.15) is 52.2 Å². The van der Waals surface area contributed by atoms with Gasteiger partial charge in [-0.25, -0.2) is 4.79 Å². The molecule has 2 amide bonds. The molecule has 0 bridgehead atoms. The lowest BCUT2D eigenvalue weighted by atomic mass is 9.73. The van der Waals surface area contributed by atoms with Gasteiger partial charge in [-0.15, -0.1) is 0 Å². The van der Waals surface area contributed by atoms with Gasteiger partial charge >= 0.3 is 5.97 Å². The number of aryl methyl sites for hydroxylation is 2. The highest BCUT2D eigenvalue weighted by atomic mass is 16.5. The van der Waals surface area contributed by atoms with E-state index < -0.39 is 5.97 Å². The highest BCUT2D eigenvalue weighted by Gasteiger charge is 2.50. The second-order valence-corrected chi connectivity index (χ2v) is 9.35. The van der Waals surface area contributed by atoms with Gasteiger partial charge in [0.15, 0.2) is 0 Å². The van der Waals surface area contributed by atoms with E-state index >= 15 is 0 Å². The lowest BCUT2D eigenvalue weighted by Gasteiger charge is -2.28. The van der Waals surface area contributed by atoms with E-state index in [9.17, 15) is 14.4 Å². The van der Waals surface area contributed by atoms with Crippen molar-refractivity contribution in [1.29, 1.82) is 0 Å². The Kier molecular flexibility index (Phi) is 5.78. The van der Waals surface area contributed by atoms with Crippen LogP contribution in [0.3, 0.4) is 0 Å². The molecule has 5 heteroatoms. The van der Waals surface area contributed by atoms with E-state index in [1.54, 1.807) is 30.3 Å². The van der Waals surface area contributed by atoms with Crippen LogP contribution in [0.2, 0.25) is 0 Å². The molecular weight excluding hydrogens is 426 g/mol. The Morgan fingerprint density at radius 2 is 1.62 bits per heavy atom. The number of amides is 2. The van der Waals surface area contributed by atoms with Crippen LogP contribution in [0.25, 0.3) is 0 Å². The van der Waals surface area contributed by atoms with Gasteiger partial charge in [0.25, 0.3) is 0 Å². The maximum Gasteiger partial charge on any atom is 0.343 e. The van der Waals surface area contributed by atoms with Crippen LogP contribution < -0.4 is 9.64 Å². The number of anilines is 1. The molecule has 1 saturated heterocycles. The molecule has 3 atom stereocenters. The molecule has 0 spiro atoms. The molecular formula is C29H27NO4. The van der Waals surface area contributed by atoms with Crippen LogP contribution >= 0.6 is 0 Å². The summed E-state index contributed by atoms with van der Waals surface area (Å²) in [5.74, 6) is -0.701. The predicted octanol–water partition coefficient (Wildman–Crippen LogP) is 5.60. The Hall–Kier alpha value is -3.73. The summed E-state index contributed by atoms with van der Waals surface area (Å²) in [6.07, 6.45) is 2.25. The van der Waals surface area contributed by atoms with Crippen molar-refractivity contribution in [2.75, 3.05) is 4.90 Å². The number of ether oxygens (including phenoxy) is 1. The first-order valence-corrected chi connectivity index (χ1v) is 11.7. The third-order valence-electron chi connectivity index (χ3n) is 7.07. The van der Waals surface area contributed by atoms with Crippen LogP contribution in [0.15, 0.2) is 72.8 Å². The highest BCUT2D eigenvalue weighted by molar-refractivity contribution is 6.22. The van der Waals surface area contributed by atoms with Crippen molar-refractivity contribution < 1.29 is 19.1 Å². The van der Waals surface area contributed by atoms with Crippen molar-refractivity contribution in [3.05, 3.63) is 95.1 Å². The van der Waals surface area contributed by atoms with Crippen molar-refractivity contribution in [1.82, 2.24) is 0 Å². The first-order valence-electron chi connectivity index (χ1n) is 11.7. The predicted molar refractivity (Wildman–Crippen MR) is 130 cm³/mol. The second-order valence-electron chi connectivity index (χ2n) is 9.35. The van der Waals surface area contributed by atoms with Crippen molar-refractivity contribution in [3.63, 3.8) is 0 Å². The molecule has 172 valence electrons. The van der Waals surface area contributed by atoms with Gasteiger partial charge < -0.3 is 4.74 Å². The van der Waals surface area contributed by atoms with E-state index in [-0.39, 0.29) is 29.6 Å². The largest absolute Gasteiger partial charge is 0.423 e. The zero-order valence-electron chi connectivity index (χ0n) is 19.4. The summed E-state index contributed by atoms with van der Waals surface area (Å²) in [6.45, 7) is 3.86. The average molecular weight is 454 g/mol. The summed E-state index contributed by atoms with van der Waals surface area (Å²) in [6, 6.07) is 22.4. The number of esters is 1. The Balaban J connectivity index is 1.36.